The second kappa shape index (κ2) is 6.58. The standard InChI is InChI=1S/C13H25N3O4/c1-7-16(13(5,6)10(18)19)11(20)14-8-9(17)15-12(2,3)4/h7-8H2,1-6H3,(H,14,20)(H,15,17)(H,18,19). The van der Waals surface area contributed by atoms with Crippen LogP contribution in [0, 0.1) is 0 Å². The minimum Gasteiger partial charge on any atom is -0.480 e. The zero-order chi connectivity index (χ0) is 16.1. The van der Waals surface area contributed by atoms with Gasteiger partial charge in [-0.2, -0.15) is 0 Å². The number of hydrogen-bond acceptors (Lipinski definition) is 3. The zero-order valence-electron chi connectivity index (χ0n) is 13.0. The lowest BCUT2D eigenvalue weighted by molar-refractivity contribution is -0.147. The number of urea groups is 1. The second-order valence-corrected chi connectivity index (χ2v) is 6.07. The van der Waals surface area contributed by atoms with E-state index < -0.39 is 17.5 Å². The molecule has 0 spiro atoms. The molecule has 0 aromatic carbocycles. The molecule has 3 amide bonds. The maximum atomic E-state index is 12.0. The minimum atomic E-state index is -1.33. The van der Waals surface area contributed by atoms with E-state index in [2.05, 4.69) is 10.6 Å². The Kier molecular flexibility index (Phi) is 5.99. The first kappa shape index (κ1) is 18.2. The van der Waals surface area contributed by atoms with Crippen molar-refractivity contribution >= 4 is 17.9 Å². The largest absolute Gasteiger partial charge is 0.480 e. The highest BCUT2D eigenvalue weighted by Gasteiger charge is 2.36. The molecule has 0 aliphatic carbocycles. The smallest absolute Gasteiger partial charge is 0.329 e. The van der Waals surface area contributed by atoms with Crippen LogP contribution in [0.15, 0.2) is 0 Å². The first-order valence-corrected chi connectivity index (χ1v) is 6.51. The Morgan fingerprint density at radius 3 is 1.95 bits per heavy atom. The number of carboxylic acids is 1. The van der Waals surface area contributed by atoms with Crippen molar-refractivity contribution in [3.8, 4) is 0 Å². The van der Waals surface area contributed by atoms with Crippen molar-refractivity contribution < 1.29 is 19.5 Å². The van der Waals surface area contributed by atoms with Crippen LogP contribution in [0.5, 0.6) is 0 Å². The number of carbonyl (C=O) groups excluding carboxylic acids is 2. The predicted octanol–water partition coefficient (Wildman–Crippen LogP) is 0.796. The summed E-state index contributed by atoms with van der Waals surface area (Å²) in [5.41, 5.74) is -1.72. The van der Waals surface area contributed by atoms with E-state index in [1.54, 1.807) is 6.92 Å². The summed E-state index contributed by atoms with van der Waals surface area (Å²) < 4.78 is 0. The van der Waals surface area contributed by atoms with E-state index >= 15 is 0 Å². The summed E-state index contributed by atoms with van der Waals surface area (Å²) in [4.78, 5) is 35.9. The molecule has 0 bridgehead atoms. The maximum absolute atomic E-state index is 12.0. The van der Waals surface area contributed by atoms with Crippen molar-refractivity contribution in [1.82, 2.24) is 15.5 Å². The summed E-state index contributed by atoms with van der Waals surface area (Å²) in [6.45, 7) is 10.1. The van der Waals surface area contributed by atoms with Crippen molar-refractivity contribution in [2.24, 2.45) is 0 Å². The first-order chi connectivity index (χ1) is 8.91. The molecular formula is C13H25N3O4. The highest BCUT2D eigenvalue weighted by atomic mass is 16.4. The van der Waals surface area contributed by atoms with Crippen LogP contribution in [0.25, 0.3) is 0 Å². The van der Waals surface area contributed by atoms with Gasteiger partial charge in [-0.1, -0.05) is 0 Å². The Labute approximate surface area is 119 Å². The van der Waals surface area contributed by atoms with Crippen molar-refractivity contribution in [2.75, 3.05) is 13.1 Å². The molecule has 0 aliphatic heterocycles. The van der Waals surface area contributed by atoms with Crippen LogP contribution in [0.3, 0.4) is 0 Å². The molecule has 116 valence electrons. The average molecular weight is 287 g/mol. The molecule has 0 aliphatic rings. The fourth-order valence-electron chi connectivity index (χ4n) is 1.62. The monoisotopic (exact) mass is 287 g/mol. The van der Waals surface area contributed by atoms with Gasteiger partial charge in [0.2, 0.25) is 5.91 Å². The highest BCUT2D eigenvalue weighted by molar-refractivity contribution is 5.88. The predicted molar refractivity (Wildman–Crippen MR) is 75.4 cm³/mol. The van der Waals surface area contributed by atoms with Crippen LogP contribution < -0.4 is 10.6 Å². The molecule has 0 unspecified atom stereocenters. The molecule has 0 aromatic heterocycles. The Bertz CT molecular complexity index is 386. The number of carboxylic acid groups (broad SMARTS) is 1. The first-order valence-electron chi connectivity index (χ1n) is 6.51. The normalized spacial score (nSPS) is 11.7. The number of rotatable bonds is 5. The number of nitrogens with one attached hydrogen (secondary N) is 2. The Morgan fingerprint density at radius 2 is 1.60 bits per heavy atom. The third-order valence-corrected chi connectivity index (χ3v) is 2.67. The van der Waals surface area contributed by atoms with Crippen LogP contribution in [-0.4, -0.2) is 52.1 Å². The van der Waals surface area contributed by atoms with Crippen LogP contribution in [0.2, 0.25) is 0 Å². The third kappa shape index (κ3) is 5.46. The number of likely N-dealkylation sites (N-methyl/N-ethyl adjacent to an activating group) is 1. The minimum absolute atomic E-state index is 0.192. The van der Waals surface area contributed by atoms with Crippen molar-refractivity contribution in [2.45, 2.75) is 52.6 Å². The second-order valence-electron chi connectivity index (χ2n) is 6.07. The lowest BCUT2D eigenvalue weighted by atomic mass is 10.0. The molecule has 0 heterocycles. The Balaban J connectivity index is 4.60. The van der Waals surface area contributed by atoms with E-state index in [0.717, 1.165) is 0 Å². The quantitative estimate of drug-likeness (QED) is 0.696. The van der Waals surface area contributed by atoms with E-state index in [9.17, 15) is 14.4 Å². The molecule has 0 saturated carbocycles. The van der Waals surface area contributed by atoms with Crippen molar-refractivity contribution in [3.05, 3.63) is 0 Å². The lowest BCUT2D eigenvalue weighted by Gasteiger charge is -2.34. The Hall–Kier alpha value is -1.79. The van der Waals surface area contributed by atoms with Gasteiger partial charge in [-0.15, -0.1) is 0 Å². The van der Waals surface area contributed by atoms with E-state index in [-0.39, 0.29) is 24.5 Å². The summed E-state index contributed by atoms with van der Waals surface area (Å²) in [6.07, 6.45) is 0. The van der Waals surface area contributed by atoms with Gasteiger partial charge in [0.15, 0.2) is 0 Å². The maximum Gasteiger partial charge on any atom is 0.329 e. The van der Waals surface area contributed by atoms with Gasteiger partial charge in [0.25, 0.3) is 0 Å². The van der Waals surface area contributed by atoms with Gasteiger partial charge in [0.1, 0.15) is 5.54 Å². The van der Waals surface area contributed by atoms with Crippen molar-refractivity contribution in [1.29, 1.82) is 0 Å². The van der Waals surface area contributed by atoms with E-state index in [1.165, 1.54) is 18.7 Å². The van der Waals surface area contributed by atoms with Gasteiger partial charge >= 0.3 is 12.0 Å². The van der Waals surface area contributed by atoms with E-state index in [1.807, 2.05) is 20.8 Å². The zero-order valence-corrected chi connectivity index (χ0v) is 13.0. The molecule has 3 N–H and O–H groups in total. The van der Waals surface area contributed by atoms with Crippen LogP contribution in [-0.2, 0) is 9.59 Å². The number of carbonyl (C=O) groups is 3. The van der Waals surface area contributed by atoms with Gasteiger partial charge in [-0.25, -0.2) is 9.59 Å². The molecule has 7 nitrogen and oxygen atoms in total. The number of amides is 3. The van der Waals surface area contributed by atoms with Crippen molar-refractivity contribution in [3.63, 3.8) is 0 Å². The SMILES string of the molecule is CCN(C(=O)NCC(=O)NC(C)(C)C)C(C)(C)C(=O)O. The van der Waals surface area contributed by atoms with E-state index in [0.29, 0.717) is 0 Å². The molecule has 0 atom stereocenters. The summed E-state index contributed by atoms with van der Waals surface area (Å²) in [5.74, 6) is -1.43. The number of hydrogen-bond donors (Lipinski definition) is 3. The molecule has 0 aromatic rings. The molecule has 20 heavy (non-hydrogen) atoms. The fourth-order valence-corrected chi connectivity index (χ4v) is 1.62. The van der Waals surface area contributed by atoms with Crippen LogP contribution in [0.4, 0.5) is 4.79 Å². The van der Waals surface area contributed by atoms with Gasteiger partial charge in [-0.05, 0) is 41.5 Å². The highest BCUT2D eigenvalue weighted by Crippen LogP contribution is 2.14. The van der Waals surface area contributed by atoms with Crippen LogP contribution >= 0.6 is 0 Å². The van der Waals surface area contributed by atoms with Gasteiger partial charge < -0.3 is 20.6 Å². The molecule has 0 radical (unpaired) electrons. The lowest BCUT2D eigenvalue weighted by Crippen LogP contribution is -2.57. The summed E-state index contributed by atoms with van der Waals surface area (Å²) in [5, 5.41) is 14.3. The van der Waals surface area contributed by atoms with Gasteiger partial charge in [0.05, 0.1) is 6.54 Å². The topological polar surface area (TPSA) is 98.7 Å². The molecule has 0 fully saturated rings. The third-order valence-electron chi connectivity index (χ3n) is 2.67. The molecule has 0 rings (SSSR count). The van der Waals surface area contributed by atoms with E-state index in [4.69, 9.17) is 5.11 Å². The summed E-state index contributed by atoms with van der Waals surface area (Å²) in [7, 11) is 0. The number of aliphatic carboxylic acids is 1. The molecular weight excluding hydrogens is 262 g/mol. The van der Waals surface area contributed by atoms with Gasteiger partial charge in [0, 0.05) is 12.1 Å². The summed E-state index contributed by atoms with van der Waals surface area (Å²) >= 11 is 0. The molecule has 7 heteroatoms. The molecule has 0 saturated heterocycles. The summed E-state index contributed by atoms with van der Waals surface area (Å²) in [6, 6.07) is -0.580. The Morgan fingerprint density at radius 1 is 1.10 bits per heavy atom. The average Bonchev–Trinajstić information content (AvgIpc) is 2.24. The fraction of sp³-hybridized carbons (Fsp3) is 0.769. The number of nitrogens with zero attached hydrogens (tertiary/aromatic N) is 1. The van der Waals surface area contributed by atoms with Gasteiger partial charge in [-0.3, -0.25) is 4.79 Å². The van der Waals surface area contributed by atoms with Crippen LogP contribution in [0.1, 0.15) is 41.5 Å².